The molecule has 2 rings (SSSR count). The average molecular weight is 272 g/mol. The van der Waals surface area contributed by atoms with E-state index < -0.39 is 0 Å². The molecule has 0 radical (unpaired) electrons. The highest BCUT2D eigenvalue weighted by Crippen LogP contribution is 2.10. The fourth-order valence-electron chi connectivity index (χ4n) is 2.51. The third-order valence-corrected chi connectivity index (χ3v) is 3.62. The van der Waals surface area contributed by atoms with E-state index >= 15 is 0 Å². The second kappa shape index (κ2) is 7.20. The molecule has 0 bridgehead atoms. The highest BCUT2D eigenvalue weighted by atomic mass is 15.3. The van der Waals surface area contributed by atoms with Crippen LogP contribution in [0.4, 0.5) is 0 Å². The summed E-state index contributed by atoms with van der Waals surface area (Å²) in [4.78, 5) is 4.38. The van der Waals surface area contributed by atoms with Crippen molar-refractivity contribution in [3.8, 4) is 0 Å². The van der Waals surface area contributed by atoms with Crippen LogP contribution in [0, 0.1) is 6.92 Å². The van der Waals surface area contributed by atoms with Crippen molar-refractivity contribution in [1.29, 1.82) is 0 Å². The van der Waals surface area contributed by atoms with E-state index in [4.69, 9.17) is 0 Å². The summed E-state index contributed by atoms with van der Waals surface area (Å²) in [6, 6.07) is 8.74. The van der Waals surface area contributed by atoms with Crippen molar-refractivity contribution in [3.05, 3.63) is 47.5 Å². The monoisotopic (exact) mass is 272 g/mol. The van der Waals surface area contributed by atoms with Gasteiger partial charge in [0.25, 0.3) is 0 Å². The zero-order chi connectivity index (χ0) is 14.4. The van der Waals surface area contributed by atoms with Crippen LogP contribution in [0.1, 0.15) is 30.4 Å². The maximum atomic E-state index is 4.51. The van der Waals surface area contributed by atoms with Gasteiger partial charge in [-0.25, -0.2) is 0 Å². The molecule has 108 valence electrons. The summed E-state index contributed by atoms with van der Waals surface area (Å²) < 4.78 is 2.10. The Morgan fingerprint density at radius 1 is 1.35 bits per heavy atom. The topological polar surface area (TPSA) is 42.7 Å². The summed E-state index contributed by atoms with van der Waals surface area (Å²) in [7, 11) is 2.03. The van der Waals surface area contributed by atoms with Crippen LogP contribution in [0.3, 0.4) is 0 Å². The number of aryl methyl sites for hydroxylation is 3. The highest BCUT2D eigenvalue weighted by molar-refractivity contribution is 5.11. The SMILES string of the molecule is CCn1nc(C)cc1CC(CCc1ccccn1)NC. The van der Waals surface area contributed by atoms with Gasteiger partial charge < -0.3 is 5.32 Å². The zero-order valence-corrected chi connectivity index (χ0v) is 12.6. The molecule has 0 saturated carbocycles. The highest BCUT2D eigenvalue weighted by Gasteiger charge is 2.12. The Kier molecular flexibility index (Phi) is 5.30. The first kappa shape index (κ1) is 14.7. The van der Waals surface area contributed by atoms with E-state index in [0.717, 1.165) is 37.2 Å². The molecule has 4 heteroatoms. The molecular weight excluding hydrogens is 248 g/mol. The van der Waals surface area contributed by atoms with Gasteiger partial charge in [0.2, 0.25) is 0 Å². The molecule has 4 nitrogen and oxygen atoms in total. The minimum Gasteiger partial charge on any atom is -0.317 e. The van der Waals surface area contributed by atoms with Gasteiger partial charge in [-0.2, -0.15) is 5.10 Å². The van der Waals surface area contributed by atoms with Gasteiger partial charge in [-0.05, 0) is 51.9 Å². The number of rotatable bonds is 7. The first-order chi connectivity index (χ1) is 9.72. The molecule has 0 spiro atoms. The van der Waals surface area contributed by atoms with Crippen LogP contribution in [0.15, 0.2) is 30.5 Å². The Labute approximate surface area is 121 Å². The molecule has 1 atom stereocenters. The van der Waals surface area contributed by atoms with Gasteiger partial charge in [0.15, 0.2) is 0 Å². The van der Waals surface area contributed by atoms with Gasteiger partial charge in [-0.15, -0.1) is 0 Å². The van der Waals surface area contributed by atoms with Gasteiger partial charge >= 0.3 is 0 Å². The number of hydrogen-bond acceptors (Lipinski definition) is 3. The van der Waals surface area contributed by atoms with Crippen LogP contribution in [0.5, 0.6) is 0 Å². The van der Waals surface area contributed by atoms with Crippen LogP contribution in [0.25, 0.3) is 0 Å². The number of hydrogen-bond donors (Lipinski definition) is 1. The van der Waals surface area contributed by atoms with Gasteiger partial charge in [0, 0.05) is 36.6 Å². The van der Waals surface area contributed by atoms with E-state index in [1.807, 2.05) is 25.4 Å². The molecule has 0 saturated heterocycles. The summed E-state index contributed by atoms with van der Waals surface area (Å²) in [6.45, 7) is 5.12. The smallest absolute Gasteiger partial charge is 0.0596 e. The van der Waals surface area contributed by atoms with E-state index in [-0.39, 0.29) is 0 Å². The Morgan fingerprint density at radius 2 is 2.20 bits per heavy atom. The third-order valence-electron chi connectivity index (χ3n) is 3.62. The lowest BCUT2D eigenvalue weighted by Gasteiger charge is -2.16. The molecule has 0 amide bonds. The number of nitrogens with one attached hydrogen (secondary N) is 1. The molecule has 20 heavy (non-hydrogen) atoms. The van der Waals surface area contributed by atoms with Crippen molar-refractivity contribution in [1.82, 2.24) is 20.1 Å². The van der Waals surface area contributed by atoms with E-state index in [1.54, 1.807) is 0 Å². The minimum absolute atomic E-state index is 0.457. The summed E-state index contributed by atoms with van der Waals surface area (Å²) in [5.74, 6) is 0. The standard InChI is InChI=1S/C16H24N4/c1-4-20-16(11-13(2)19-20)12-15(17-3)9-8-14-7-5-6-10-18-14/h5-7,10-11,15,17H,4,8-9,12H2,1-3H3. The number of likely N-dealkylation sites (N-methyl/N-ethyl adjacent to an activating group) is 1. The van der Waals surface area contributed by atoms with Crippen molar-refractivity contribution >= 4 is 0 Å². The second-order valence-corrected chi connectivity index (χ2v) is 5.14. The predicted molar refractivity (Wildman–Crippen MR) is 81.7 cm³/mol. The fraction of sp³-hybridized carbons (Fsp3) is 0.500. The first-order valence-electron chi connectivity index (χ1n) is 7.33. The Bertz CT molecular complexity index is 519. The van der Waals surface area contributed by atoms with Crippen LogP contribution >= 0.6 is 0 Å². The molecule has 0 aliphatic carbocycles. The summed E-state index contributed by atoms with van der Waals surface area (Å²) >= 11 is 0. The Hall–Kier alpha value is -1.68. The van der Waals surface area contributed by atoms with Crippen molar-refractivity contribution in [2.45, 2.75) is 45.7 Å². The Balaban J connectivity index is 1.95. The molecular formula is C16H24N4. The summed E-state index contributed by atoms with van der Waals surface area (Å²) in [5.41, 5.74) is 3.57. The lowest BCUT2D eigenvalue weighted by atomic mass is 10.0. The van der Waals surface area contributed by atoms with E-state index in [2.05, 4.69) is 46.1 Å². The van der Waals surface area contributed by atoms with Crippen molar-refractivity contribution in [3.63, 3.8) is 0 Å². The third kappa shape index (κ3) is 3.90. The Morgan fingerprint density at radius 3 is 2.85 bits per heavy atom. The summed E-state index contributed by atoms with van der Waals surface area (Å²) in [6.07, 6.45) is 4.96. The lowest BCUT2D eigenvalue weighted by Crippen LogP contribution is -2.29. The number of pyridine rings is 1. The average Bonchev–Trinajstić information content (AvgIpc) is 2.84. The number of nitrogens with zero attached hydrogens (tertiary/aromatic N) is 3. The number of aromatic nitrogens is 3. The minimum atomic E-state index is 0.457. The van der Waals surface area contributed by atoms with Gasteiger partial charge in [0.1, 0.15) is 0 Å². The fourth-order valence-corrected chi connectivity index (χ4v) is 2.51. The largest absolute Gasteiger partial charge is 0.317 e. The van der Waals surface area contributed by atoms with Crippen molar-refractivity contribution in [2.75, 3.05) is 7.05 Å². The molecule has 0 aliphatic heterocycles. The maximum absolute atomic E-state index is 4.51. The van der Waals surface area contributed by atoms with Crippen LogP contribution in [0.2, 0.25) is 0 Å². The van der Waals surface area contributed by atoms with Crippen molar-refractivity contribution < 1.29 is 0 Å². The normalized spacial score (nSPS) is 12.6. The molecule has 0 aromatic carbocycles. The van der Waals surface area contributed by atoms with Crippen LogP contribution in [-0.4, -0.2) is 27.9 Å². The molecule has 1 N–H and O–H groups in total. The summed E-state index contributed by atoms with van der Waals surface area (Å²) in [5, 5.41) is 7.92. The first-order valence-corrected chi connectivity index (χ1v) is 7.33. The maximum Gasteiger partial charge on any atom is 0.0596 e. The van der Waals surface area contributed by atoms with Gasteiger partial charge in [-0.1, -0.05) is 6.07 Å². The second-order valence-electron chi connectivity index (χ2n) is 5.14. The van der Waals surface area contributed by atoms with Crippen LogP contribution in [-0.2, 0) is 19.4 Å². The molecule has 1 unspecified atom stereocenters. The molecule has 2 aromatic heterocycles. The van der Waals surface area contributed by atoms with Gasteiger partial charge in [-0.3, -0.25) is 9.67 Å². The molecule has 0 aliphatic rings. The predicted octanol–water partition coefficient (Wildman–Crippen LogP) is 2.37. The molecule has 2 heterocycles. The van der Waals surface area contributed by atoms with E-state index in [9.17, 15) is 0 Å². The lowest BCUT2D eigenvalue weighted by molar-refractivity contribution is 0.492. The van der Waals surface area contributed by atoms with Crippen LogP contribution < -0.4 is 5.32 Å². The van der Waals surface area contributed by atoms with Gasteiger partial charge in [0.05, 0.1) is 5.69 Å². The molecule has 0 fully saturated rings. The van der Waals surface area contributed by atoms with E-state index in [1.165, 1.54) is 5.69 Å². The zero-order valence-electron chi connectivity index (χ0n) is 12.6. The molecule has 2 aromatic rings. The van der Waals surface area contributed by atoms with E-state index in [0.29, 0.717) is 6.04 Å². The quantitative estimate of drug-likeness (QED) is 0.841. The van der Waals surface area contributed by atoms with Crippen molar-refractivity contribution in [2.24, 2.45) is 0 Å².